The molecule has 0 aliphatic rings. The summed E-state index contributed by atoms with van der Waals surface area (Å²) < 4.78 is 1.12. The molecular weight excluding hydrogens is 247 g/mol. The molecule has 0 N–H and O–H groups in total. The van der Waals surface area contributed by atoms with Gasteiger partial charge >= 0.3 is 0 Å². The number of fused-ring (bicyclic) bond motifs is 1. The van der Waals surface area contributed by atoms with Crippen LogP contribution in [0.4, 0.5) is 0 Å². The van der Waals surface area contributed by atoms with Crippen molar-refractivity contribution in [3.63, 3.8) is 0 Å². The van der Waals surface area contributed by atoms with Gasteiger partial charge < -0.3 is 0 Å². The zero-order valence-electron chi connectivity index (χ0n) is 6.43. The maximum atomic E-state index is 6.09. The summed E-state index contributed by atoms with van der Waals surface area (Å²) in [6.45, 7) is 0. The topological polar surface area (TPSA) is 0 Å². The zero-order valence-corrected chi connectivity index (χ0v) is 9.51. The largest absolute Gasteiger partial charge is 0.143 e. The molecule has 0 atom stereocenters. The van der Waals surface area contributed by atoms with E-state index < -0.39 is 4.84 Å². The van der Waals surface area contributed by atoms with Crippen molar-refractivity contribution in [3.05, 3.63) is 34.2 Å². The predicted molar refractivity (Wildman–Crippen MR) is 61.3 cm³/mol. The van der Waals surface area contributed by atoms with Crippen LogP contribution in [0.2, 0.25) is 5.02 Å². The van der Waals surface area contributed by atoms with Crippen molar-refractivity contribution in [3.8, 4) is 0 Å². The average molecular weight is 252 g/mol. The van der Waals surface area contributed by atoms with Crippen LogP contribution in [0.1, 0.15) is 9.71 Å². The normalized spacial score (nSPS) is 11.4. The Bertz CT molecular complexity index is 433. The first kappa shape index (κ1) is 9.60. The summed E-state index contributed by atoms with van der Waals surface area (Å²) in [6.07, 6.45) is 0. The predicted octanol–water partition coefficient (Wildman–Crippen LogP) is 5.03. The van der Waals surface area contributed by atoms with Gasteiger partial charge in [-0.1, -0.05) is 53.0 Å². The molecule has 0 saturated carbocycles. The van der Waals surface area contributed by atoms with E-state index in [1.54, 1.807) is 0 Å². The van der Waals surface area contributed by atoms with Crippen LogP contribution in [0.5, 0.6) is 0 Å². The second-order valence-electron chi connectivity index (χ2n) is 2.58. The van der Waals surface area contributed by atoms with E-state index >= 15 is 0 Å². The minimum atomic E-state index is -0.537. The molecule has 1 aromatic heterocycles. The van der Waals surface area contributed by atoms with E-state index in [4.69, 9.17) is 34.8 Å². The monoisotopic (exact) mass is 250 g/mol. The Balaban J connectivity index is 2.74. The van der Waals surface area contributed by atoms with Crippen LogP contribution in [0.25, 0.3) is 10.1 Å². The Morgan fingerprint density at radius 2 is 1.85 bits per heavy atom. The third-order valence-corrected chi connectivity index (χ3v) is 4.21. The van der Waals surface area contributed by atoms with E-state index in [1.165, 1.54) is 11.3 Å². The molecule has 0 spiro atoms. The second kappa shape index (κ2) is 3.66. The molecule has 0 amide bonds. The molecule has 13 heavy (non-hydrogen) atoms. The molecular formula is C9H5Cl3S. The number of thiophene rings is 1. The molecule has 0 fully saturated rings. The Hall–Kier alpha value is 0.0500. The number of rotatable bonds is 1. The summed E-state index contributed by atoms with van der Waals surface area (Å²) in [4.78, 5) is 0.288. The first-order chi connectivity index (χ1) is 6.20. The van der Waals surface area contributed by atoms with E-state index in [2.05, 4.69) is 0 Å². The molecule has 0 unspecified atom stereocenters. The summed E-state index contributed by atoms with van der Waals surface area (Å²) in [6, 6.07) is 7.89. The molecule has 2 aromatic rings. The van der Waals surface area contributed by atoms with Gasteiger partial charge in [-0.3, -0.25) is 0 Å². The fraction of sp³-hybridized carbons (Fsp3) is 0.111. The van der Waals surface area contributed by atoms with Gasteiger partial charge in [-0.25, -0.2) is 0 Å². The van der Waals surface area contributed by atoms with Gasteiger partial charge in [-0.15, -0.1) is 11.3 Å². The maximum Gasteiger partial charge on any atom is 0.143 e. The van der Waals surface area contributed by atoms with Gasteiger partial charge in [0.15, 0.2) is 0 Å². The Labute approximate surface area is 95.0 Å². The van der Waals surface area contributed by atoms with E-state index in [0.717, 1.165) is 15.0 Å². The summed E-state index contributed by atoms with van der Waals surface area (Å²) in [5, 5.41) is 1.70. The van der Waals surface area contributed by atoms with Gasteiger partial charge in [0.05, 0.1) is 9.90 Å². The number of hydrogen-bond donors (Lipinski definition) is 0. The molecule has 0 aliphatic carbocycles. The van der Waals surface area contributed by atoms with Crippen molar-refractivity contribution in [1.29, 1.82) is 0 Å². The number of halogens is 3. The highest BCUT2D eigenvalue weighted by Crippen LogP contribution is 2.42. The Morgan fingerprint density at radius 3 is 2.46 bits per heavy atom. The van der Waals surface area contributed by atoms with Crippen molar-refractivity contribution in [2.45, 2.75) is 4.84 Å². The van der Waals surface area contributed by atoms with Crippen LogP contribution in [0, 0.1) is 0 Å². The summed E-state index contributed by atoms with van der Waals surface area (Å²) in [5.74, 6) is 0. The van der Waals surface area contributed by atoms with Gasteiger partial charge in [0.2, 0.25) is 0 Å². The second-order valence-corrected chi connectivity index (χ2v) is 5.14. The summed E-state index contributed by atoms with van der Waals surface area (Å²) >= 11 is 19.2. The van der Waals surface area contributed by atoms with Crippen molar-refractivity contribution >= 4 is 56.2 Å². The van der Waals surface area contributed by atoms with Crippen LogP contribution in [0.15, 0.2) is 24.3 Å². The van der Waals surface area contributed by atoms with Gasteiger partial charge in [0.1, 0.15) is 4.84 Å². The minimum absolute atomic E-state index is 0.537. The lowest BCUT2D eigenvalue weighted by Crippen LogP contribution is -1.72. The summed E-state index contributed by atoms with van der Waals surface area (Å²) in [5.41, 5.74) is 0. The quantitative estimate of drug-likeness (QED) is 0.624. The van der Waals surface area contributed by atoms with Gasteiger partial charge in [-0.05, 0) is 6.07 Å². The summed E-state index contributed by atoms with van der Waals surface area (Å²) in [7, 11) is 0. The maximum absolute atomic E-state index is 6.09. The molecule has 0 bridgehead atoms. The lowest BCUT2D eigenvalue weighted by atomic mass is 10.2. The highest BCUT2D eigenvalue weighted by atomic mass is 35.5. The molecule has 0 aliphatic heterocycles. The number of benzene rings is 1. The van der Waals surface area contributed by atoms with Crippen LogP contribution in [-0.4, -0.2) is 0 Å². The standard InChI is InChI=1S/C9H5Cl3S/c10-7-5-3-1-2-4-6(5)13-8(7)9(11)12/h1-4,9H. The first-order valence-electron chi connectivity index (χ1n) is 3.65. The average Bonchev–Trinajstić information content (AvgIpc) is 2.45. The molecule has 0 saturated heterocycles. The van der Waals surface area contributed by atoms with Gasteiger partial charge in [-0.2, -0.15) is 0 Å². The fourth-order valence-electron chi connectivity index (χ4n) is 1.17. The molecule has 1 heterocycles. The molecule has 0 radical (unpaired) electrons. The van der Waals surface area contributed by atoms with Gasteiger partial charge in [0.25, 0.3) is 0 Å². The minimum Gasteiger partial charge on any atom is -0.136 e. The van der Waals surface area contributed by atoms with Crippen molar-refractivity contribution < 1.29 is 0 Å². The van der Waals surface area contributed by atoms with Crippen molar-refractivity contribution in [2.24, 2.45) is 0 Å². The molecule has 68 valence electrons. The van der Waals surface area contributed by atoms with Crippen LogP contribution in [0.3, 0.4) is 0 Å². The third kappa shape index (κ3) is 1.66. The molecule has 0 nitrogen and oxygen atoms in total. The zero-order chi connectivity index (χ0) is 9.42. The van der Waals surface area contributed by atoms with E-state index in [-0.39, 0.29) is 0 Å². The van der Waals surface area contributed by atoms with Crippen LogP contribution in [-0.2, 0) is 0 Å². The fourth-order valence-corrected chi connectivity index (χ4v) is 3.17. The number of hydrogen-bond acceptors (Lipinski definition) is 1. The molecule has 4 heteroatoms. The van der Waals surface area contributed by atoms with E-state index in [1.807, 2.05) is 24.3 Å². The first-order valence-corrected chi connectivity index (χ1v) is 5.72. The van der Waals surface area contributed by atoms with Crippen molar-refractivity contribution in [2.75, 3.05) is 0 Å². The third-order valence-electron chi connectivity index (χ3n) is 1.76. The molecule has 2 rings (SSSR count). The number of alkyl halides is 2. The van der Waals surface area contributed by atoms with E-state index in [9.17, 15) is 0 Å². The van der Waals surface area contributed by atoms with Crippen LogP contribution >= 0.6 is 46.1 Å². The lowest BCUT2D eigenvalue weighted by molar-refractivity contribution is 1.46. The lowest BCUT2D eigenvalue weighted by Gasteiger charge is -1.95. The van der Waals surface area contributed by atoms with Gasteiger partial charge in [0, 0.05) is 10.1 Å². The highest BCUT2D eigenvalue weighted by molar-refractivity contribution is 7.20. The highest BCUT2D eigenvalue weighted by Gasteiger charge is 2.14. The van der Waals surface area contributed by atoms with Crippen LogP contribution < -0.4 is 0 Å². The SMILES string of the molecule is Clc1c(C(Cl)Cl)sc2ccccc12. The molecule has 1 aromatic carbocycles. The van der Waals surface area contributed by atoms with Crippen molar-refractivity contribution in [1.82, 2.24) is 0 Å². The Kier molecular flexibility index (Phi) is 2.70. The smallest absolute Gasteiger partial charge is 0.136 e. The Morgan fingerprint density at radius 1 is 1.15 bits per heavy atom. The van der Waals surface area contributed by atoms with E-state index in [0.29, 0.717) is 5.02 Å².